The molecule has 55 heavy (non-hydrogen) atoms. The molecule has 1 aliphatic heterocycles. The van der Waals surface area contributed by atoms with Gasteiger partial charge in [0.2, 0.25) is 11.9 Å². The number of aliphatic carboxylic acids is 1. The van der Waals surface area contributed by atoms with E-state index in [1.54, 1.807) is 36.7 Å². The molecule has 3 heterocycles. The smallest absolute Gasteiger partial charge is 0.326 e. The number of anilines is 3. The number of amides is 2. The number of benzene rings is 2. The van der Waals surface area contributed by atoms with Gasteiger partial charge in [-0.3, -0.25) is 14.4 Å². The Bertz CT molecular complexity index is 2030. The second-order valence-corrected chi connectivity index (χ2v) is 14.5. The summed E-state index contributed by atoms with van der Waals surface area (Å²) in [7, 11) is 1.84. The highest BCUT2D eigenvalue weighted by molar-refractivity contribution is 5.97. The third-order valence-corrected chi connectivity index (χ3v) is 9.27. The summed E-state index contributed by atoms with van der Waals surface area (Å²) in [6.45, 7) is 11.2. The van der Waals surface area contributed by atoms with E-state index >= 15 is 0 Å². The van der Waals surface area contributed by atoms with Gasteiger partial charge in [0.1, 0.15) is 11.6 Å². The van der Waals surface area contributed by atoms with Crippen molar-refractivity contribution >= 4 is 52.6 Å². The van der Waals surface area contributed by atoms with Crippen molar-refractivity contribution in [1.29, 1.82) is 0 Å². The lowest BCUT2D eigenvalue weighted by Crippen LogP contribution is -2.43. The predicted molar refractivity (Wildman–Crippen MR) is 210 cm³/mol. The zero-order valence-corrected chi connectivity index (χ0v) is 31.6. The van der Waals surface area contributed by atoms with Crippen LogP contribution >= 0.6 is 0 Å². The SMILES string of the molecule is C=CC[C@@]1(CC(C)C)CC(C)(/C=N/NC(=O)CC[C@@H](NC(=O)c2ccc(N(C)Cc3cnc4nc(N)nc(N)c4n3)cc2)C(=O)O)ON1Cc1ccccc1. The Kier molecular flexibility index (Phi) is 12.7. The summed E-state index contributed by atoms with van der Waals surface area (Å²) in [6, 6.07) is 15.4. The average molecular weight is 752 g/mol. The van der Waals surface area contributed by atoms with Crippen LogP contribution in [0.25, 0.3) is 11.2 Å². The third-order valence-electron chi connectivity index (χ3n) is 9.27. The van der Waals surface area contributed by atoms with Gasteiger partial charge in [-0.1, -0.05) is 50.3 Å². The number of hydrogen-bond acceptors (Lipinski definition) is 13. The summed E-state index contributed by atoms with van der Waals surface area (Å²) in [4.78, 5) is 63.0. The normalized spacial score (nSPS) is 19.1. The molecule has 0 aliphatic carbocycles. The van der Waals surface area contributed by atoms with Gasteiger partial charge >= 0.3 is 5.97 Å². The van der Waals surface area contributed by atoms with E-state index in [2.05, 4.69) is 68.3 Å². The fraction of sp³-hybridized carbons (Fsp3) is 0.385. The summed E-state index contributed by atoms with van der Waals surface area (Å²) >= 11 is 0. The number of fused-ring (bicyclic) bond motifs is 1. The van der Waals surface area contributed by atoms with E-state index in [0.717, 1.165) is 17.7 Å². The molecule has 2 aromatic heterocycles. The topological polar surface area (TPSA) is 227 Å². The molecule has 0 bridgehead atoms. The number of aromatic nitrogens is 4. The summed E-state index contributed by atoms with van der Waals surface area (Å²) in [6.07, 6.45) is 6.94. The van der Waals surface area contributed by atoms with Gasteiger partial charge in [-0.05, 0) is 61.9 Å². The van der Waals surface area contributed by atoms with Crippen LogP contribution in [0, 0.1) is 5.92 Å². The van der Waals surface area contributed by atoms with Crippen LogP contribution in [0.1, 0.15) is 74.5 Å². The second kappa shape index (κ2) is 17.4. The third kappa shape index (κ3) is 10.4. The first-order chi connectivity index (χ1) is 26.2. The molecule has 1 unspecified atom stereocenters. The van der Waals surface area contributed by atoms with E-state index in [0.29, 0.717) is 48.7 Å². The first kappa shape index (κ1) is 40.2. The minimum atomic E-state index is -1.30. The van der Waals surface area contributed by atoms with Crippen LogP contribution < -0.4 is 27.1 Å². The molecule has 1 fully saturated rings. The Morgan fingerprint density at radius 2 is 1.84 bits per heavy atom. The number of carbonyl (C=O) groups is 3. The molecule has 16 heteroatoms. The van der Waals surface area contributed by atoms with Gasteiger partial charge < -0.3 is 26.8 Å². The molecule has 3 atom stereocenters. The Balaban J connectivity index is 1.14. The number of hydrazone groups is 1. The van der Waals surface area contributed by atoms with Crippen molar-refractivity contribution in [3.8, 4) is 0 Å². The number of nitrogens with zero attached hydrogens (tertiary/aromatic N) is 7. The van der Waals surface area contributed by atoms with Crippen molar-refractivity contribution in [1.82, 2.24) is 35.7 Å². The standard InChI is InChI=1S/C39H49N11O5/c1-6-18-39(19-25(2)3)23-38(4,55-50(39)21-26-10-8-7-9-11-26)24-43-48-31(51)17-16-30(36(53)54)45-35(52)27-12-14-29(15-13-27)49(5)22-28-20-42-34-32(44-28)33(40)46-37(41)47-34/h6-15,20,24-25,30H,1,16-19,21-23H2,2-5H3,(H,45,52)(H,48,51)(H,53,54)(H4,40,41,42,46,47)/b43-24+/t30-,38?,39-/m1/s1. The quantitative estimate of drug-likeness (QED) is 0.0579. The zero-order valence-electron chi connectivity index (χ0n) is 31.6. The van der Waals surface area contributed by atoms with Gasteiger partial charge in [0.15, 0.2) is 17.0 Å². The van der Waals surface area contributed by atoms with Crippen molar-refractivity contribution in [2.45, 2.75) is 83.1 Å². The van der Waals surface area contributed by atoms with Crippen LogP contribution in [-0.4, -0.2) is 78.3 Å². The number of nitrogens with one attached hydrogen (secondary N) is 2. The van der Waals surface area contributed by atoms with Gasteiger partial charge in [0.25, 0.3) is 5.91 Å². The molecule has 5 rings (SSSR count). The van der Waals surface area contributed by atoms with E-state index < -0.39 is 29.4 Å². The number of rotatable bonds is 17. The maximum atomic E-state index is 13.0. The van der Waals surface area contributed by atoms with Crippen LogP contribution in [0.4, 0.5) is 17.5 Å². The van der Waals surface area contributed by atoms with Crippen LogP contribution in [0.15, 0.2) is 78.6 Å². The largest absolute Gasteiger partial charge is 0.480 e. The fourth-order valence-electron chi connectivity index (χ4n) is 6.93. The summed E-state index contributed by atoms with van der Waals surface area (Å²) < 4.78 is 0. The first-order valence-electron chi connectivity index (χ1n) is 18.0. The van der Waals surface area contributed by atoms with E-state index in [1.807, 2.05) is 48.2 Å². The number of carbonyl (C=O) groups excluding carboxylic acids is 2. The van der Waals surface area contributed by atoms with Gasteiger partial charge in [0.05, 0.1) is 30.2 Å². The Hall–Kier alpha value is -6.00. The van der Waals surface area contributed by atoms with Crippen molar-refractivity contribution in [3.05, 3.63) is 90.3 Å². The lowest BCUT2D eigenvalue weighted by Gasteiger charge is -2.37. The van der Waals surface area contributed by atoms with Crippen molar-refractivity contribution in [3.63, 3.8) is 0 Å². The second-order valence-electron chi connectivity index (χ2n) is 14.5. The number of nitrogens with two attached hydrogens (primary N) is 2. The average Bonchev–Trinajstić information content (AvgIpc) is 3.39. The maximum Gasteiger partial charge on any atom is 0.326 e. The fourth-order valence-corrected chi connectivity index (χ4v) is 6.93. The van der Waals surface area contributed by atoms with Crippen LogP contribution in [0.3, 0.4) is 0 Å². The summed E-state index contributed by atoms with van der Waals surface area (Å²) in [5, 5.41) is 18.6. The molecule has 0 radical (unpaired) electrons. The molecular formula is C39H49N11O5. The van der Waals surface area contributed by atoms with E-state index in [9.17, 15) is 19.5 Å². The lowest BCUT2D eigenvalue weighted by molar-refractivity contribution is -0.208. The molecule has 4 aromatic rings. The number of hydroxylamine groups is 2. The van der Waals surface area contributed by atoms with Gasteiger partial charge in [-0.25, -0.2) is 20.2 Å². The van der Waals surface area contributed by atoms with Crippen molar-refractivity contribution in [2.75, 3.05) is 23.4 Å². The van der Waals surface area contributed by atoms with Crippen LogP contribution in [0.2, 0.25) is 0 Å². The minimum Gasteiger partial charge on any atom is -0.480 e. The molecule has 2 amide bonds. The lowest BCUT2D eigenvalue weighted by atomic mass is 9.78. The summed E-state index contributed by atoms with van der Waals surface area (Å²) in [5.41, 5.74) is 16.3. The van der Waals surface area contributed by atoms with Crippen molar-refractivity contribution < 1.29 is 24.3 Å². The van der Waals surface area contributed by atoms with E-state index in [4.69, 9.17) is 16.3 Å². The molecular weight excluding hydrogens is 703 g/mol. The van der Waals surface area contributed by atoms with Gasteiger partial charge in [-0.15, -0.1) is 6.58 Å². The molecule has 16 nitrogen and oxygen atoms in total. The Morgan fingerprint density at radius 3 is 2.51 bits per heavy atom. The first-order valence-corrected chi connectivity index (χ1v) is 18.0. The molecule has 7 N–H and O–H groups in total. The number of carboxylic acids is 1. The highest BCUT2D eigenvalue weighted by Gasteiger charge is 2.51. The predicted octanol–water partition coefficient (Wildman–Crippen LogP) is 4.24. The molecule has 0 spiro atoms. The zero-order chi connectivity index (χ0) is 39.8. The highest BCUT2D eigenvalue weighted by Crippen LogP contribution is 2.45. The van der Waals surface area contributed by atoms with E-state index in [1.165, 1.54) is 0 Å². The minimum absolute atomic E-state index is 0.0125. The molecule has 290 valence electrons. The number of hydrogen-bond donors (Lipinski definition) is 5. The van der Waals surface area contributed by atoms with Crippen LogP contribution in [0.5, 0.6) is 0 Å². The monoisotopic (exact) mass is 751 g/mol. The highest BCUT2D eigenvalue weighted by atomic mass is 16.7. The van der Waals surface area contributed by atoms with Crippen molar-refractivity contribution in [2.24, 2.45) is 11.0 Å². The summed E-state index contributed by atoms with van der Waals surface area (Å²) in [5.74, 6) is -1.82. The van der Waals surface area contributed by atoms with Gasteiger partial charge in [0, 0.05) is 37.7 Å². The molecule has 1 saturated heterocycles. The maximum absolute atomic E-state index is 13.0. The molecule has 1 aliphatic rings. The van der Waals surface area contributed by atoms with Crippen LogP contribution in [-0.2, 0) is 27.5 Å². The Morgan fingerprint density at radius 1 is 1.11 bits per heavy atom. The molecule has 0 saturated carbocycles. The number of carboxylic acid groups (broad SMARTS) is 1. The Labute approximate surface area is 320 Å². The number of nitrogen functional groups attached to an aromatic ring is 2. The van der Waals surface area contributed by atoms with Gasteiger partial charge in [-0.2, -0.15) is 20.1 Å². The van der Waals surface area contributed by atoms with E-state index in [-0.39, 0.29) is 35.7 Å². The molecule has 2 aromatic carbocycles.